The zero-order valence-corrected chi connectivity index (χ0v) is 15.0. The van der Waals surface area contributed by atoms with E-state index in [1.54, 1.807) is 6.20 Å². The number of aryl methyl sites for hydroxylation is 1. The van der Waals surface area contributed by atoms with E-state index in [1.807, 2.05) is 36.5 Å². The quantitative estimate of drug-likeness (QED) is 0.528. The monoisotopic (exact) mass is 343 g/mol. The Labute approximate surface area is 153 Å². The van der Waals surface area contributed by atoms with Crippen molar-refractivity contribution in [3.8, 4) is 5.75 Å². The van der Waals surface area contributed by atoms with Crippen LogP contribution in [0.2, 0.25) is 0 Å². The Bertz CT molecular complexity index is 1020. The highest BCUT2D eigenvalue weighted by Gasteiger charge is 2.16. The predicted octanol–water partition coefficient (Wildman–Crippen LogP) is 4.68. The fourth-order valence-corrected chi connectivity index (χ4v) is 3.23. The number of aromatic nitrogens is 3. The largest absolute Gasteiger partial charge is 0.485 e. The van der Waals surface area contributed by atoms with Gasteiger partial charge in [0.2, 0.25) is 0 Å². The van der Waals surface area contributed by atoms with Crippen LogP contribution in [0.4, 0.5) is 0 Å². The van der Waals surface area contributed by atoms with Crippen molar-refractivity contribution in [3.05, 3.63) is 89.5 Å². The van der Waals surface area contributed by atoms with Crippen LogP contribution in [0.5, 0.6) is 5.75 Å². The molecule has 0 bridgehead atoms. The average molecular weight is 343 g/mol. The Morgan fingerprint density at radius 3 is 2.46 bits per heavy atom. The van der Waals surface area contributed by atoms with E-state index in [2.05, 4.69) is 52.6 Å². The molecule has 0 unspecified atom stereocenters. The minimum Gasteiger partial charge on any atom is -0.485 e. The van der Waals surface area contributed by atoms with Gasteiger partial charge in [0.25, 0.3) is 0 Å². The van der Waals surface area contributed by atoms with Gasteiger partial charge in [0.05, 0.1) is 11.2 Å². The van der Waals surface area contributed by atoms with E-state index < -0.39 is 0 Å². The number of fused-ring (bicyclic) bond motifs is 1. The molecule has 130 valence electrons. The number of hydrogen-bond donors (Lipinski definition) is 0. The zero-order chi connectivity index (χ0) is 17.9. The molecular formula is C22H21N3O. The third kappa shape index (κ3) is 3.06. The van der Waals surface area contributed by atoms with Gasteiger partial charge in [-0.3, -0.25) is 9.97 Å². The first kappa shape index (κ1) is 16.3. The number of rotatable bonds is 5. The molecular weight excluding hydrogens is 322 g/mol. The third-order valence-corrected chi connectivity index (χ3v) is 4.75. The van der Waals surface area contributed by atoms with Gasteiger partial charge in [-0.1, -0.05) is 36.4 Å². The van der Waals surface area contributed by atoms with Crippen molar-refractivity contribution < 1.29 is 4.74 Å². The number of ether oxygens (including phenoxy) is 1. The summed E-state index contributed by atoms with van der Waals surface area (Å²) in [7, 11) is 0. The molecule has 4 heteroatoms. The second-order valence-corrected chi connectivity index (χ2v) is 6.40. The topological polar surface area (TPSA) is 39.9 Å². The lowest BCUT2D eigenvalue weighted by Gasteiger charge is -2.12. The SMILES string of the molecule is Cc1c(C)n(Cc2ccccc2)c2c(OCc3ccccn3)ccnc12. The maximum atomic E-state index is 6.13. The molecule has 1 aromatic carbocycles. The van der Waals surface area contributed by atoms with Crippen LogP contribution in [-0.4, -0.2) is 14.5 Å². The fraction of sp³-hybridized carbons (Fsp3) is 0.182. The molecule has 3 aromatic heterocycles. The summed E-state index contributed by atoms with van der Waals surface area (Å²) in [6, 6.07) is 18.3. The van der Waals surface area contributed by atoms with Gasteiger partial charge in [-0.2, -0.15) is 0 Å². The van der Waals surface area contributed by atoms with Crippen molar-refractivity contribution in [1.82, 2.24) is 14.5 Å². The molecule has 4 aromatic rings. The van der Waals surface area contributed by atoms with Crippen LogP contribution in [-0.2, 0) is 13.2 Å². The van der Waals surface area contributed by atoms with Crippen LogP contribution in [0.15, 0.2) is 67.0 Å². The lowest BCUT2D eigenvalue weighted by molar-refractivity contribution is 0.303. The highest BCUT2D eigenvalue weighted by atomic mass is 16.5. The maximum Gasteiger partial charge on any atom is 0.147 e. The van der Waals surface area contributed by atoms with E-state index in [-0.39, 0.29) is 0 Å². The standard InChI is InChI=1S/C22H21N3O/c1-16-17(2)25(14-18-8-4-3-5-9-18)22-20(11-13-24-21(16)22)26-15-19-10-6-7-12-23-19/h3-13H,14-15H2,1-2H3. The van der Waals surface area contributed by atoms with Crippen molar-refractivity contribution >= 4 is 11.0 Å². The lowest BCUT2D eigenvalue weighted by Crippen LogP contribution is -2.04. The summed E-state index contributed by atoms with van der Waals surface area (Å²) in [5, 5.41) is 0. The van der Waals surface area contributed by atoms with Gasteiger partial charge in [-0.05, 0) is 37.1 Å². The van der Waals surface area contributed by atoms with E-state index in [0.717, 1.165) is 29.0 Å². The minimum atomic E-state index is 0.439. The smallest absolute Gasteiger partial charge is 0.147 e. The summed E-state index contributed by atoms with van der Waals surface area (Å²) < 4.78 is 8.42. The van der Waals surface area contributed by atoms with Gasteiger partial charge >= 0.3 is 0 Å². The Hall–Kier alpha value is -3.14. The van der Waals surface area contributed by atoms with Gasteiger partial charge < -0.3 is 9.30 Å². The molecule has 0 amide bonds. The second-order valence-electron chi connectivity index (χ2n) is 6.40. The van der Waals surface area contributed by atoms with Crippen LogP contribution in [0, 0.1) is 13.8 Å². The van der Waals surface area contributed by atoms with E-state index in [1.165, 1.54) is 16.8 Å². The molecule has 0 saturated heterocycles. The van der Waals surface area contributed by atoms with Gasteiger partial charge in [0.15, 0.2) is 0 Å². The van der Waals surface area contributed by atoms with Crippen LogP contribution >= 0.6 is 0 Å². The van der Waals surface area contributed by atoms with Gasteiger partial charge in [0.1, 0.15) is 17.9 Å². The molecule has 0 N–H and O–H groups in total. The third-order valence-electron chi connectivity index (χ3n) is 4.75. The van der Waals surface area contributed by atoms with Gasteiger partial charge in [0, 0.05) is 30.7 Å². The molecule has 0 fully saturated rings. The van der Waals surface area contributed by atoms with Crippen molar-refractivity contribution in [3.63, 3.8) is 0 Å². The molecule has 4 rings (SSSR count). The molecule has 4 nitrogen and oxygen atoms in total. The molecule has 0 aliphatic rings. The van der Waals surface area contributed by atoms with Crippen LogP contribution in [0.1, 0.15) is 22.5 Å². The van der Waals surface area contributed by atoms with E-state index in [0.29, 0.717) is 6.61 Å². The first-order valence-electron chi connectivity index (χ1n) is 8.75. The molecule has 3 heterocycles. The second kappa shape index (κ2) is 7.00. The van der Waals surface area contributed by atoms with Crippen molar-refractivity contribution in [2.75, 3.05) is 0 Å². The summed E-state index contributed by atoms with van der Waals surface area (Å²) in [5.41, 5.74) is 6.61. The first-order valence-corrected chi connectivity index (χ1v) is 8.75. The van der Waals surface area contributed by atoms with Crippen molar-refractivity contribution in [2.24, 2.45) is 0 Å². The number of hydrogen-bond acceptors (Lipinski definition) is 3. The van der Waals surface area contributed by atoms with E-state index >= 15 is 0 Å². The molecule has 0 aliphatic carbocycles. The lowest BCUT2D eigenvalue weighted by atomic mass is 10.2. The summed E-state index contributed by atoms with van der Waals surface area (Å²) in [5.74, 6) is 0.841. The molecule has 0 spiro atoms. The van der Waals surface area contributed by atoms with Crippen LogP contribution in [0.3, 0.4) is 0 Å². The highest BCUT2D eigenvalue weighted by molar-refractivity contribution is 5.86. The first-order chi connectivity index (χ1) is 12.7. The summed E-state index contributed by atoms with van der Waals surface area (Å²) >= 11 is 0. The Balaban J connectivity index is 1.75. The Kier molecular flexibility index (Phi) is 4.40. The molecule has 0 aliphatic heterocycles. The van der Waals surface area contributed by atoms with Crippen molar-refractivity contribution in [1.29, 1.82) is 0 Å². The molecule has 0 radical (unpaired) electrons. The fourth-order valence-electron chi connectivity index (χ4n) is 3.23. The van der Waals surface area contributed by atoms with Gasteiger partial charge in [-0.25, -0.2) is 0 Å². The normalized spacial score (nSPS) is 11.0. The number of benzene rings is 1. The summed E-state index contributed by atoms with van der Waals surface area (Å²) in [6.45, 7) is 5.49. The number of pyridine rings is 2. The Morgan fingerprint density at radius 2 is 1.69 bits per heavy atom. The minimum absolute atomic E-state index is 0.439. The van der Waals surface area contributed by atoms with Crippen LogP contribution in [0.25, 0.3) is 11.0 Å². The molecule has 26 heavy (non-hydrogen) atoms. The van der Waals surface area contributed by atoms with Crippen molar-refractivity contribution in [2.45, 2.75) is 27.0 Å². The molecule has 0 saturated carbocycles. The van der Waals surface area contributed by atoms with Gasteiger partial charge in [-0.15, -0.1) is 0 Å². The average Bonchev–Trinajstić information content (AvgIpc) is 2.93. The predicted molar refractivity (Wildman–Crippen MR) is 103 cm³/mol. The van der Waals surface area contributed by atoms with E-state index in [4.69, 9.17) is 4.74 Å². The van der Waals surface area contributed by atoms with Crippen LogP contribution < -0.4 is 4.74 Å². The Morgan fingerprint density at radius 1 is 0.885 bits per heavy atom. The number of nitrogens with zero attached hydrogens (tertiary/aromatic N) is 3. The summed E-state index contributed by atoms with van der Waals surface area (Å²) in [6.07, 6.45) is 3.60. The van der Waals surface area contributed by atoms with E-state index in [9.17, 15) is 0 Å². The molecule has 0 atom stereocenters. The maximum absolute atomic E-state index is 6.13. The zero-order valence-electron chi connectivity index (χ0n) is 15.0. The summed E-state index contributed by atoms with van der Waals surface area (Å²) in [4.78, 5) is 8.94. The highest BCUT2D eigenvalue weighted by Crippen LogP contribution is 2.31.